The highest BCUT2D eigenvalue weighted by atomic mass is 35.5. The molecule has 0 heterocycles. The van der Waals surface area contributed by atoms with Gasteiger partial charge in [-0.2, -0.15) is 0 Å². The third kappa shape index (κ3) is 5.36. The van der Waals surface area contributed by atoms with Gasteiger partial charge in [-0.25, -0.2) is 0 Å². The molecular formula is C13H19ClN2O3. The Kier molecular flexibility index (Phi) is 6.45. The number of phenols is 1. The van der Waals surface area contributed by atoms with Crippen LogP contribution in [0.4, 0.5) is 0 Å². The van der Waals surface area contributed by atoms with Crippen LogP contribution in [0.15, 0.2) is 12.1 Å². The van der Waals surface area contributed by atoms with Crippen molar-refractivity contribution in [3.8, 4) is 11.5 Å². The predicted octanol–water partition coefficient (Wildman–Crippen LogP) is 1.80. The van der Waals surface area contributed by atoms with E-state index < -0.39 is 0 Å². The average Bonchev–Trinajstić information content (AvgIpc) is 2.36. The SMILES string of the molecule is COc1cc(Cl)cc(CNCCCCC(N)=O)c1O. The van der Waals surface area contributed by atoms with E-state index in [-0.39, 0.29) is 11.7 Å². The number of hydrogen-bond donors (Lipinski definition) is 3. The highest BCUT2D eigenvalue weighted by Crippen LogP contribution is 2.33. The van der Waals surface area contributed by atoms with E-state index in [2.05, 4.69) is 5.32 Å². The third-order valence-corrected chi connectivity index (χ3v) is 2.90. The summed E-state index contributed by atoms with van der Waals surface area (Å²) in [6, 6.07) is 3.25. The molecule has 0 bridgehead atoms. The minimum absolute atomic E-state index is 0.0940. The van der Waals surface area contributed by atoms with Gasteiger partial charge in [0, 0.05) is 29.6 Å². The van der Waals surface area contributed by atoms with Crippen molar-refractivity contribution in [3.63, 3.8) is 0 Å². The summed E-state index contributed by atoms with van der Waals surface area (Å²) in [6.07, 6.45) is 2.01. The zero-order valence-corrected chi connectivity index (χ0v) is 11.7. The van der Waals surface area contributed by atoms with Gasteiger partial charge in [0.25, 0.3) is 0 Å². The summed E-state index contributed by atoms with van der Waals surface area (Å²) in [4.78, 5) is 10.5. The minimum atomic E-state index is -0.280. The molecule has 0 aliphatic carbocycles. The predicted molar refractivity (Wildman–Crippen MR) is 74.4 cm³/mol. The Morgan fingerprint density at radius 2 is 2.21 bits per heavy atom. The first-order valence-electron chi connectivity index (χ1n) is 6.09. The number of benzene rings is 1. The van der Waals surface area contributed by atoms with Crippen LogP contribution < -0.4 is 15.8 Å². The van der Waals surface area contributed by atoms with Crippen molar-refractivity contribution in [1.82, 2.24) is 5.32 Å². The molecule has 0 radical (unpaired) electrons. The molecule has 1 amide bonds. The summed E-state index contributed by atoms with van der Waals surface area (Å²) in [7, 11) is 1.48. The van der Waals surface area contributed by atoms with Crippen LogP contribution in [0.5, 0.6) is 11.5 Å². The second kappa shape index (κ2) is 7.86. The van der Waals surface area contributed by atoms with Gasteiger partial charge in [0.2, 0.25) is 5.91 Å². The van der Waals surface area contributed by atoms with Crippen LogP contribution in [-0.4, -0.2) is 24.7 Å². The standard InChI is InChI=1S/C13H19ClN2O3/c1-19-11-7-10(14)6-9(13(11)18)8-16-5-3-2-4-12(15)17/h6-7,16,18H,2-5,8H2,1H3,(H2,15,17). The second-order valence-corrected chi connectivity index (χ2v) is 4.65. The highest BCUT2D eigenvalue weighted by Gasteiger charge is 2.09. The van der Waals surface area contributed by atoms with Gasteiger partial charge < -0.3 is 20.9 Å². The van der Waals surface area contributed by atoms with Crippen molar-refractivity contribution in [2.45, 2.75) is 25.8 Å². The number of nitrogens with two attached hydrogens (primary N) is 1. The number of amides is 1. The molecule has 0 aliphatic rings. The number of halogens is 1. The molecule has 19 heavy (non-hydrogen) atoms. The van der Waals surface area contributed by atoms with E-state index in [1.165, 1.54) is 7.11 Å². The Morgan fingerprint density at radius 1 is 1.47 bits per heavy atom. The molecule has 0 fully saturated rings. The summed E-state index contributed by atoms with van der Waals surface area (Å²) in [5, 5.41) is 13.6. The summed E-state index contributed by atoms with van der Waals surface area (Å²) >= 11 is 5.93. The summed E-state index contributed by atoms with van der Waals surface area (Å²) in [5.41, 5.74) is 5.73. The number of primary amides is 1. The van der Waals surface area contributed by atoms with E-state index in [9.17, 15) is 9.90 Å². The maximum atomic E-state index is 10.5. The number of nitrogens with one attached hydrogen (secondary N) is 1. The van der Waals surface area contributed by atoms with Gasteiger partial charge in [-0.05, 0) is 25.5 Å². The Labute approximate surface area is 117 Å². The Bertz CT molecular complexity index is 438. The molecule has 0 spiro atoms. The maximum Gasteiger partial charge on any atom is 0.217 e. The molecule has 106 valence electrons. The van der Waals surface area contributed by atoms with Crippen LogP contribution in [0, 0.1) is 0 Å². The van der Waals surface area contributed by atoms with E-state index in [0.717, 1.165) is 19.4 Å². The zero-order chi connectivity index (χ0) is 14.3. The molecule has 0 aromatic heterocycles. The smallest absolute Gasteiger partial charge is 0.217 e. The monoisotopic (exact) mass is 286 g/mol. The van der Waals surface area contributed by atoms with Gasteiger partial charge >= 0.3 is 0 Å². The highest BCUT2D eigenvalue weighted by molar-refractivity contribution is 6.30. The Hall–Kier alpha value is -1.46. The third-order valence-electron chi connectivity index (χ3n) is 2.68. The first-order valence-corrected chi connectivity index (χ1v) is 6.46. The number of ether oxygens (including phenoxy) is 1. The van der Waals surface area contributed by atoms with Crippen molar-refractivity contribution >= 4 is 17.5 Å². The van der Waals surface area contributed by atoms with Crippen LogP contribution in [0.25, 0.3) is 0 Å². The molecule has 0 saturated heterocycles. The van der Waals surface area contributed by atoms with Crippen LogP contribution in [0.3, 0.4) is 0 Å². The number of carbonyl (C=O) groups is 1. The van der Waals surface area contributed by atoms with Gasteiger partial charge in [-0.3, -0.25) is 4.79 Å². The number of unbranched alkanes of at least 4 members (excludes halogenated alkanes) is 1. The lowest BCUT2D eigenvalue weighted by molar-refractivity contribution is -0.118. The van der Waals surface area contributed by atoms with E-state index in [1.54, 1.807) is 12.1 Å². The lowest BCUT2D eigenvalue weighted by Gasteiger charge is -2.10. The van der Waals surface area contributed by atoms with Crippen LogP contribution >= 0.6 is 11.6 Å². The number of methoxy groups -OCH3 is 1. The lowest BCUT2D eigenvalue weighted by Crippen LogP contribution is -2.16. The average molecular weight is 287 g/mol. The molecule has 6 heteroatoms. The fraction of sp³-hybridized carbons (Fsp3) is 0.462. The minimum Gasteiger partial charge on any atom is -0.504 e. The molecule has 1 aromatic carbocycles. The second-order valence-electron chi connectivity index (χ2n) is 4.22. The van der Waals surface area contributed by atoms with Crippen molar-refractivity contribution in [2.75, 3.05) is 13.7 Å². The largest absolute Gasteiger partial charge is 0.504 e. The molecule has 4 N–H and O–H groups in total. The zero-order valence-electron chi connectivity index (χ0n) is 10.9. The number of phenolic OH excluding ortho intramolecular Hbond substituents is 1. The topological polar surface area (TPSA) is 84.6 Å². The molecule has 1 rings (SSSR count). The van der Waals surface area contributed by atoms with E-state index in [4.69, 9.17) is 22.1 Å². The van der Waals surface area contributed by atoms with Crippen LogP contribution in [0.1, 0.15) is 24.8 Å². The van der Waals surface area contributed by atoms with Gasteiger partial charge in [0.1, 0.15) is 0 Å². The molecule has 0 atom stereocenters. The quantitative estimate of drug-likeness (QED) is 0.636. The first kappa shape index (κ1) is 15.6. The van der Waals surface area contributed by atoms with Gasteiger partial charge in [-0.15, -0.1) is 0 Å². The van der Waals surface area contributed by atoms with Crippen molar-refractivity contribution in [2.24, 2.45) is 5.73 Å². The number of aromatic hydroxyl groups is 1. The summed E-state index contributed by atoms with van der Waals surface area (Å²) in [5.74, 6) is 0.173. The van der Waals surface area contributed by atoms with Crippen LogP contribution in [-0.2, 0) is 11.3 Å². The first-order chi connectivity index (χ1) is 9.04. The Balaban J connectivity index is 2.41. The number of carbonyl (C=O) groups excluding carboxylic acids is 1. The van der Waals surface area contributed by atoms with Crippen LogP contribution in [0.2, 0.25) is 5.02 Å². The molecule has 5 nitrogen and oxygen atoms in total. The van der Waals surface area contributed by atoms with Gasteiger partial charge in [0.05, 0.1) is 7.11 Å². The van der Waals surface area contributed by atoms with Gasteiger partial charge in [0.15, 0.2) is 11.5 Å². The summed E-state index contributed by atoms with van der Waals surface area (Å²) in [6.45, 7) is 1.22. The molecule has 0 aliphatic heterocycles. The lowest BCUT2D eigenvalue weighted by atomic mass is 10.1. The normalized spacial score (nSPS) is 10.4. The molecule has 0 saturated carbocycles. The van der Waals surface area contributed by atoms with Crippen molar-refractivity contribution in [1.29, 1.82) is 0 Å². The van der Waals surface area contributed by atoms with Gasteiger partial charge in [-0.1, -0.05) is 11.6 Å². The summed E-state index contributed by atoms with van der Waals surface area (Å²) < 4.78 is 5.02. The fourth-order valence-corrected chi connectivity index (χ4v) is 1.92. The van der Waals surface area contributed by atoms with E-state index in [1.807, 2.05) is 0 Å². The molecule has 0 unspecified atom stereocenters. The maximum absolute atomic E-state index is 10.5. The Morgan fingerprint density at radius 3 is 2.84 bits per heavy atom. The fourth-order valence-electron chi connectivity index (χ4n) is 1.69. The number of rotatable bonds is 8. The van der Waals surface area contributed by atoms with E-state index >= 15 is 0 Å². The molecule has 1 aromatic rings. The molecular weight excluding hydrogens is 268 g/mol. The number of hydrogen-bond acceptors (Lipinski definition) is 4. The van der Waals surface area contributed by atoms with Crippen molar-refractivity contribution < 1.29 is 14.6 Å². The van der Waals surface area contributed by atoms with Crippen molar-refractivity contribution in [3.05, 3.63) is 22.7 Å². The van der Waals surface area contributed by atoms with E-state index in [0.29, 0.717) is 29.3 Å².